The van der Waals surface area contributed by atoms with Crippen LogP contribution in [0.2, 0.25) is 0 Å². The average Bonchev–Trinajstić information content (AvgIpc) is 3.26. The minimum Gasteiger partial charge on any atom is -0.342 e. The summed E-state index contributed by atoms with van der Waals surface area (Å²) in [6, 6.07) is 0.540. The van der Waals surface area contributed by atoms with Crippen LogP contribution in [-0.2, 0) is 4.79 Å². The monoisotopic (exact) mass is 265 g/mol. The minimum atomic E-state index is 0.274. The Labute approximate surface area is 116 Å². The molecule has 0 radical (unpaired) electrons. The number of hydrogen-bond donors (Lipinski definition) is 1. The molecule has 1 spiro atoms. The number of nitrogens with zero attached hydrogens (tertiary/aromatic N) is 2. The number of rotatable bonds is 3. The van der Waals surface area contributed by atoms with E-state index < -0.39 is 0 Å². The number of likely N-dealkylation sites (N-methyl/N-ethyl adjacent to an activating group) is 1. The van der Waals surface area contributed by atoms with Gasteiger partial charge in [-0.25, -0.2) is 0 Å². The van der Waals surface area contributed by atoms with Gasteiger partial charge in [-0.3, -0.25) is 9.69 Å². The summed E-state index contributed by atoms with van der Waals surface area (Å²) in [5, 5.41) is 3.55. The number of amides is 1. The molecule has 4 heteroatoms. The van der Waals surface area contributed by atoms with Crippen molar-refractivity contribution in [2.24, 2.45) is 0 Å². The third-order valence-corrected chi connectivity index (χ3v) is 5.28. The molecule has 0 aromatic rings. The van der Waals surface area contributed by atoms with Crippen molar-refractivity contribution in [3.63, 3.8) is 0 Å². The Kier molecular flexibility index (Phi) is 3.81. The summed E-state index contributed by atoms with van der Waals surface area (Å²) in [4.78, 5) is 16.9. The van der Waals surface area contributed by atoms with Gasteiger partial charge in [-0.05, 0) is 25.7 Å². The first-order valence-electron chi connectivity index (χ1n) is 7.93. The molecule has 1 amide bonds. The predicted molar refractivity (Wildman–Crippen MR) is 76.1 cm³/mol. The van der Waals surface area contributed by atoms with E-state index in [4.69, 9.17) is 0 Å². The van der Waals surface area contributed by atoms with Crippen LogP contribution in [0.15, 0.2) is 0 Å². The summed E-state index contributed by atoms with van der Waals surface area (Å²) >= 11 is 0. The molecule has 3 fully saturated rings. The fraction of sp³-hybridized carbons (Fsp3) is 0.933. The van der Waals surface area contributed by atoms with Crippen molar-refractivity contribution in [1.82, 2.24) is 15.1 Å². The van der Waals surface area contributed by atoms with Crippen LogP contribution in [0.25, 0.3) is 0 Å². The van der Waals surface area contributed by atoms with Gasteiger partial charge in [-0.1, -0.05) is 19.3 Å². The van der Waals surface area contributed by atoms with Crippen LogP contribution >= 0.6 is 0 Å². The maximum absolute atomic E-state index is 12.4. The van der Waals surface area contributed by atoms with Crippen molar-refractivity contribution in [3.8, 4) is 0 Å². The zero-order valence-electron chi connectivity index (χ0n) is 12.2. The summed E-state index contributed by atoms with van der Waals surface area (Å²) in [7, 11) is 1.98. The zero-order valence-corrected chi connectivity index (χ0v) is 12.2. The molecule has 19 heavy (non-hydrogen) atoms. The van der Waals surface area contributed by atoms with Crippen LogP contribution in [0.1, 0.15) is 44.9 Å². The molecule has 3 rings (SSSR count). The topological polar surface area (TPSA) is 35.6 Å². The van der Waals surface area contributed by atoms with Crippen molar-refractivity contribution >= 4 is 5.91 Å². The van der Waals surface area contributed by atoms with Crippen LogP contribution < -0.4 is 5.32 Å². The number of piperazine rings is 1. The van der Waals surface area contributed by atoms with Crippen molar-refractivity contribution in [2.45, 2.75) is 56.5 Å². The molecule has 1 saturated heterocycles. The number of hydrogen-bond acceptors (Lipinski definition) is 3. The highest BCUT2D eigenvalue weighted by molar-refractivity contribution is 5.78. The van der Waals surface area contributed by atoms with Gasteiger partial charge in [0.25, 0.3) is 0 Å². The van der Waals surface area contributed by atoms with E-state index in [1.54, 1.807) is 0 Å². The standard InChI is InChI=1S/C15H27N3O/c1-17(13-5-6-13)14(19)11-18-10-9-16-12-15(18)7-3-2-4-8-15/h13,16H,2-12H2,1H3. The van der Waals surface area contributed by atoms with E-state index in [0.717, 1.165) is 19.6 Å². The lowest BCUT2D eigenvalue weighted by Gasteiger charge is -2.49. The van der Waals surface area contributed by atoms with Crippen molar-refractivity contribution < 1.29 is 4.79 Å². The lowest BCUT2D eigenvalue weighted by atomic mass is 9.79. The quantitative estimate of drug-likeness (QED) is 0.833. The molecule has 0 atom stereocenters. The maximum atomic E-state index is 12.4. The highest BCUT2D eigenvalue weighted by Crippen LogP contribution is 2.34. The largest absolute Gasteiger partial charge is 0.342 e. The highest BCUT2D eigenvalue weighted by atomic mass is 16.2. The molecule has 1 aliphatic heterocycles. The molecule has 0 bridgehead atoms. The molecule has 2 aliphatic carbocycles. The van der Waals surface area contributed by atoms with Crippen LogP contribution in [0.3, 0.4) is 0 Å². The fourth-order valence-corrected chi connectivity index (χ4v) is 3.77. The Hall–Kier alpha value is -0.610. The zero-order chi connectivity index (χ0) is 13.3. The van der Waals surface area contributed by atoms with E-state index in [1.807, 2.05) is 11.9 Å². The fourth-order valence-electron chi connectivity index (χ4n) is 3.77. The minimum absolute atomic E-state index is 0.274. The van der Waals surface area contributed by atoms with Gasteiger partial charge in [0.1, 0.15) is 0 Å². The first-order chi connectivity index (χ1) is 9.21. The molecule has 4 nitrogen and oxygen atoms in total. The van der Waals surface area contributed by atoms with E-state index >= 15 is 0 Å². The van der Waals surface area contributed by atoms with E-state index in [1.165, 1.54) is 44.9 Å². The summed E-state index contributed by atoms with van der Waals surface area (Å²) in [6.45, 7) is 3.77. The Morgan fingerprint density at radius 2 is 2.05 bits per heavy atom. The summed E-state index contributed by atoms with van der Waals surface area (Å²) in [6.07, 6.45) is 8.95. The lowest BCUT2D eigenvalue weighted by Crippen LogP contribution is -2.63. The molecule has 1 N–H and O–H groups in total. The number of carbonyl (C=O) groups is 1. The molecule has 0 unspecified atom stereocenters. The van der Waals surface area contributed by atoms with Gasteiger partial charge in [0.15, 0.2) is 0 Å². The van der Waals surface area contributed by atoms with Crippen molar-refractivity contribution in [1.29, 1.82) is 0 Å². The highest BCUT2D eigenvalue weighted by Gasteiger charge is 2.41. The second-order valence-electron chi connectivity index (χ2n) is 6.62. The van der Waals surface area contributed by atoms with E-state index in [9.17, 15) is 4.79 Å². The second kappa shape index (κ2) is 5.41. The maximum Gasteiger partial charge on any atom is 0.236 e. The van der Waals surface area contributed by atoms with E-state index in [2.05, 4.69) is 10.2 Å². The van der Waals surface area contributed by atoms with E-state index in [-0.39, 0.29) is 5.54 Å². The van der Waals surface area contributed by atoms with Gasteiger partial charge in [-0.2, -0.15) is 0 Å². The van der Waals surface area contributed by atoms with Gasteiger partial charge in [0.2, 0.25) is 5.91 Å². The first kappa shape index (κ1) is 13.4. The van der Waals surface area contributed by atoms with Crippen LogP contribution in [0.5, 0.6) is 0 Å². The second-order valence-corrected chi connectivity index (χ2v) is 6.62. The van der Waals surface area contributed by atoms with Crippen molar-refractivity contribution in [3.05, 3.63) is 0 Å². The third kappa shape index (κ3) is 2.79. The first-order valence-corrected chi connectivity index (χ1v) is 7.93. The summed E-state index contributed by atoms with van der Waals surface area (Å²) in [5.74, 6) is 0.328. The third-order valence-electron chi connectivity index (χ3n) is 5.28. The molecule has 0 aromatic heterocycles. The van der Waals surface area contributed by atoms with Gasteiger partial charge in [0.05, 0.1) is 6.54 Å². The van der Waals surface area contributed by atoms with E-state index in [0.29, 0.717) is 18.5 Å². The van der Waals surface area contributed by atoms with Crippen LogP contribution in [0.4, 0.5) is 0 Å². The summed E-state index contributed by atoms with van der Waals surface area (Å²) in [5.41, 5.74) is 0.274. The SMILES string of the molecule is CN(C(=O)CN1CCNCC12CCCCC2)C1CC1. The molecule has 0 aromatic carbocycles. The lowest BCUT2D eigenvalue weighted by molar-refractivity contribution is -0.134. The van der Waals surface area contributed by atoms with Gasteiger partial charge < -0.3 is 10.2 Å². The van der Waals surface area contributed by atoms with Gasteiger partial charge >= 0.3 is 0 Å². The molecule has 108 valence electrons. The smallest absolute Gasteiger partial charge is 0.236 e. The molecular formula is C15H27N3O. The van der Waals surface area contributed by atoms with Gasteiger partial charge in [0, 0.05) is 38.3 Å². The molecule has 2 saturated carbocycles. The van der Waals surface area contributed by atoms with Crippen LogP contribution in [0, 0.1) is 0 Å². The molecule has 1 heterocycles. The Bertz CT molecular complexity index is 326. The number of nitrogens with one attached hydrogen (secondary N) is 1. The van der Waals surface area contributed by atoms with Crippen molar-refractivity contribution in [2.75, 3.05) is 33.2 Å². The van der Waals surface area contributed by atoms with Crippen LogP contribution in [-0.4, -0.2) is 60.5 Å². The predicted octanol–water partition coefficient (Wildman–Crippen LogP) is 1.22. The summed E-state index contributed by atoms with van der Waals surface area (Å²) < 4.78 is 0. The Morgan fingerprint density at radius 3 is 2.74 bits per heavy atom. The Morgan fingerprint density at radius 1 is 1.32 bits per heavy atom. The average molecular weight is 265 g/mol. The Balaban J connectivity index is 1.64. The molecular weight excluding hydrogens is 238 g/mol. The normalized spacial score (nSPS) is 27.4. The number of carbonyl (C=O) groups excluding carboxylic acids is 1. The van der Waals surface area contributed by atoms with Gasteiger partial charge in [-0.15, -0.1) is 0 Å². The molecule has 3 aliphatic rings.